The number of nitrogens with one attached hydrogen (secondary N) is 3. The molecule has 0 radical (unpaired) electrons. The second-order valence-corrected chi connectivity index (χ2v) is 6.25. The van der Waals surface area contributed by atoms with Crippen LogP contribution in [0.4, 0.5) is 4.39 Å². The Morgan fingerprint density at radius 2 is 1.92 bits per heavy atom. The Bertz CT molecular complexity index is 688. The van der Waals surface area contributed by atoms with Crippen LogP contribution in [0.1, 0.15) is 28.6 Å². The molecule has 25 heavy (non-hydrogen) atoms. The van der Waals surface area contributed by atoms with Gasteiger partial charge in [0.2, 0.25) is 0 Å². The van der Waals surface area contributed by atoms with Crippen molar-refractivity contribution in [2.24, 2.45) is 4.99 Å². The molecule has 0 atom stereocenters. The standard InChI is InChI=1S/C18H23FN4OS/c1-2-20-18(23-13-14-7-3-4-8-15(14)19)22-11-6-10-21-17(24)16-9-5-12-25-16/h3-5,7-9,12H,2,6,10-11,13H2,1H3,(H,21,24)(H2,20,22,23). The predicted molar refractivity (Wildman–Crippen MR) is 100 cm³/mol. The first-order valence-corrected chi connectivity index (χ1v) is 9.16. The van der Waals surface area contributed by atoms with Gasteiger partial charge in [-0.1, -0.05) is 24.3 Å². The van der Waals surface area contributed by atoms with Crippen molar-refractivity contribution >= 4 is 23.2 Å². The Hall–Kier alpha value is -2.41. The molecular formula is C18H23FN4OS. The second kappa shape index (κ2) is 10.5. The van der Waals surface area contributed by atoms with Crippen molar-refractivity contribution in [3.05, 3.63) is 58.0 Å². The van der Waals surface area contributed by atoms with Gasteiger partial charge in [-0.15, -0.1) is 11.3 Å². The third kappa shape index (κ3) is 6.54. The van der Waals surface area contributed by atoms with Crippen molar-refractivity contribution in [2.75, 3.05) is 19.6 Å². The van der Waals surface area contributed by atoms with Crippen molar-refractivity contribution in [3.8, 4) is 0 Å². The molecule has 0 unspecified atom stereocenters. The van der Waals surface area contributed by atoms with E-state index in [0.717, 1.165) is 13.0 Å². The molecule has 0 aliphatic rings. The van der Waals surface area contributed by atoms with Crippen molar-refractivity contribution in [3.63, 3.8) is 0 Å². The molecular weight excluding hydrogens is 339 g/mol. The van der Waals surface area contributed by atoms with Gasteiger partial charge in [0.15, 0.2) is 5.96 Å². The number of halogens is 1. The molecule has 1 aromatic carbocycles. The van der Waals surface area contributed by atoms with Crippen LogP contribution in [0.5, 0.6) is 0 Å². The number of benzene rings is 1. The highest BCUT2D eigenvalue weighted by atomic mass is 32.1. The second-order valence-electron chi connectivity index (χ2n) is 5.30. The summed E-state index contributed by atoms with van der Waals surface area (Å²) in [7, 11) is 0. The summed E-state index contributed by atoms with van der Waals surface area (Å²) in [5, 5.41) is 11.1. The molecule has 2 rings (SSSR count). The van der Waals surface area contributed by atoms with Crippen LogP contribution in [0.3, 0.4) is 0 Å². The zero-order valence-corrected chi connectivity index (χ0v) is 15.0. The number of hydrogen-bond donors (Lipinski definition) is 3. The lowest BCUT2D eigenvalue weighted by Gasteiger charge is -2.11. The van der Waals surface area contributed by atoms with E-state index < -0.39 is 0 Å². The molecule has 0 aliphatic heterocycles. The maximum absolute atomic E-state index is 13.6. The molecule has 0 saturated carbocycles. The van der Waals surface area contributed by atoms with Crippen LogP contribution in [-0.2, 0) is 6.54 Å². The fraction of sp³-hybridized carbons (Fsp3) is 0.333. The van der Waals surface area contributed by atoms with Gasteiger partial charge in [0.25, 0.3) is 5.91 Å². The lowest BCUT2D eigenvalue weighted by Crippen LogP contribution is -2.38. The van der Waals surface area contributed by atoms with Crippen LogP contribution in [0.2, 0.25) is 0 Å². The zero-order chi connectivity index (χ0) is 17.9. The topological polar surface area (TPSA) is 65.5 Å². The van der Waals surface area contributed by atoms with E-state index in [0.29, 0.717) is 29.5 Å². The van der Waals surface area contributed by atoms with Crippen molar-refractivity contribution in [2.45, 2.75) is 19.9 Å². The Labute approximate surface area is 151 Å². The predicted octanol–water partition coefficient (Wildman–Crippen LogP) is 2.76. The number of aliphatic imine (C=N–C) groups is 1. The first kappa shape index (κ1) is 18.9. The summed E-state index contributed by atoms with van der Waals surface area (Å²) in [6.45, 7) is 4.21. The highest BCUT2D eigenvalue weighted by Gasteiger charge is 2.05. The molecule has 2 aromatic rings. The third-order valence-electron chi connectivity index (χ3n) is 3.39. The molecule has 5 nitrogen and oxygen atoms in total. The van der Waals surface area contributed by atoms with Crippen LogP contribution in [0.25, 0.3) is 0 Å². The van der Waals surface area contributed by atoms with Crippen molar-refractivity contribution < 1.29 is 9.18 Å². The largest absolute Gasteiger partial charge is 0.357 e. The SMILES string of the molecule is CCNC(=NCc1ccccc1F)NCCCNC(=O)c1cccs1. The molecule has 0 fully saturated rings. The summed E-state index contributed by atoms with van der Waals surface area (Å²) >= 11 is 1.42. The van der Waals surface area contributed by atoms with E-state index in [1.807, 2.05) is 18.4 Å². The summed E-state index contributed by atoms with van der Waals surface area (Å²) in [4.78, 5) is 16.9. The van der Waals surface area contributed by atoms with Crippen LogP contribution < -0.4 is 16.0 Å². The minimum absolute atomic E-state index is 0.0462. The number of guanidine groups is 1. The normalized spacial score (nSPS) is 11.2. The molecule has 134 valence electrons. The number of rotatable bonds is 8. The minimum atomic E-state index is -0.251. The number of carbonyl (C=O) groups excluding carboxylic acids is 1. The summed E-state index contributed by atoms with van der Waals surface area (Å²) in [6.07, 6.45) is 0.765. The maximum atomic E-state index is 13.6. The molecule has 7 heteroatoms. The van der Waals surface area contributed by atoms with E-state index in [1.54, 1.807) is 24.3 Å². The van der Waals surface area contributed by atoms with Crippen LogP contribution >= 0.6 is 11.3 Å². The average molecular weight is 362 g/mol. The molecule has 0 spiro atoms. The Balaban J connectivity index is 1.73. The number of thiophene rings is 1. The lowest BCUT2D eigenvalue weighted by atomic mass is 10.2. The monoisotopic (exact) mass is 362 g/mol. The van der Waals surface area contributed by atoms with E-state index in [2.05, 4.69) is 20.9 Å². The van der Waals surface area contributed by atoms with Gasteiger partial charge in [0, 0.05) is 25.2 Å². The highest BCUT2D eigenvalue weighted by Crippen LogP contribution is 2.08. The first-order chi connectivity index (χ1) is 12.2. The molecule has 1 amide bonds. The van der Waals surface area contributed by atoms with Gasteiger partial charge < -0.3 is 16.0 Å². The maximum Gasteiger partial charge on any atom is 0.261 e. The van der Waals surface area contributed by atoms with E-state index in [-0.39, 0.29) is 18.3 Å². The van der Waals surface area contributed by atoms with Gasteiger partial charge in [-0.2, -0.15) is 0 Å². The highest BCUT2D eigenvalue weighted by molar-refractivity contribution is 7.12. The molecule has 0 saturated heterocycles. The summed E-state index contributed by atoms with van der Waals surface area (Å²) < 4.78 is 13.6. The van der Waals surface area contributed by atoms with Crippen molar-refractivity contribution in [1.82, 2.24) is 16.0 Å². The van der Waals surface area contributed by atoms with E-state index in [9.17, 15) is 9.18 Å². The van der Waals surface area contributed by atoms with Gasteiger partial charge >= 0.3 is 0 Å². The molecule has 0 bridgehead atoms. The van der Waals surface area contributed by atoms with E-state index in [1.165, 1.54) is 17.4 Å². The van der Waals surface area contributed by atoms with Crippen LogP contribution in [0.15, 0.2) is 46.8 Å². The van der Waals surface area contributed by atoms with Gasteiger partial charge in [-0.05, 0) is 30.9 Å². The molecule has 1 aromatic heterocycles. The Morgan fingerprint density at radius 3 is 2.64 bits per heavy atom. The quantitative estimate of drug-likeness (QED) is 0.384. The van der Waals surface area contributed by atoms with Gasteiger partial charge in [0.1, 0.15) is 5.82 Å². The number of carbonyl (C=O) groups is 1. The van der Waals surface area contributed by atoms with Crippen LogP contribution in [-0.4, -0.2) is 31.5 Å². The van der Waals surface area contributed by atoms with E-state index in [4.69, 9.17) is 0 Å². The summed E-state index contributed by atoms with van der Waals surface area (Å²) in [6, 6.07) is 10.3. The summed E-state index contributed by atoms with van der Waals surface area (Å²) in [5.41, 5.74) is 0.558. The molecule has 1 heterocycles. The average Bonchev–Trinajstić information content (AvgIpc) is 3.15. The fourth-order valence-corrected chi connectivity index (χ4v) is 2.76. The van der Waals surface area contributed by atoms with Crippen molar-refractivity contribution in [1.29, 1.82) is 0 Å². The van der Waals surface area contributed by atoms with Crippen LogP contribution in [0, 0.1) is 5.82 Å². The van der Waals surface area contributed by atoms with Gasteiger partial charge in [0.05, 0.1) is 11.4 Å². The Kier molecular flexibility index (Phi) is 7.91. The van der Waals surface area contributed by atoms with Gasteiger partial charge in [-0.3, -0.25) is 4.79 Å². The number of nitrogens with zero attached hydrogens (tertiary/aromatic N) is 1. The molecule has 0 aliphatic carbocycles. The zero-order valence-electron chi connectivity index (χ0n) is 14.2. The Morgan fingerprint density at radius 1 is 1.12 bits per heavy atom. The molecule has 3 N–H and O–H groups in total. The first-order valence-electron chi connectivity index (χ1n) is 8.28. The lowest BCUT2D eigenvalue weighted by molar-refractivity contribution is 0.0957. The number of amides is 1. The fourth-order valence-electron chi connectivity index (χ4n) is 2.12. The third-order valence-corrected chi connectivity index (χ3v) is 4.25. The van der Waals surface area contributed by atoms with Gasteiger partial charge in [-0.25, -0.2) is 9.38 Å². The number of hydrogen-bond acceptors (Lipinski definition) is 3. The smallest absolute Gasteiger partial charge is 0.261 e. The summed E-state index contributed by atoms with van der Waals surface area (Å²) in [5.74, 6) is 0.337. The van der Waals surface area contributed by atoms with E-state index >= 15 is 0 Å². The minimum Gasteiger partial charge on any atom is -0.357 e.